The molecule has 1 saturated heterocycles. The van der Waals surface area contributed by atoms with Gasteiger partial charge >= 0.3 is 0 Å². The van der Waals surface area contributed by atoms with Gasteiger partial charge in [0.1, 0.15) is 5.82 Å². The first-order valence-electron chi connectivity index (χ1n) is 10.0. The number of hydrogen-bond donors (Lipinski definition) is 1. The molecule has 142 valence electrons. The number of pyridine rings is 1. The van der Waals surface area contributed by atoms with E-state index < -0.39 is 0 Å². The SMILES string of the molecule is CCCC(=O)Nc1ccnc2c1CCC1CN(Cc3ccccc3)CCN21. The number of nitrogens with one attached hydrogen (secondary N) is 1. The standard InChI is InChI=1S/C22H28N4O/c1-2-6-21(27)24-20-11-12-23-22-19(20)10-9-18-16-25(13-14-26(18)22)15-17-7-4-3-5-8-17/h3-5,7-8,11-12,18H,2,6,9-10,13-16H2,1H3,(H,23,24,27). The molecule has 1 fully saturated rings. The van der Waals surface area contributed by atoms with E-state index in [0.717, 1.165) is 56.9 Å². The number of hydrogen-bond acceptors (Lipinski definition) is 4. The molecule has 0 saturated carbocycles. The Morgan fingerprint density at radius 3 is 2.89 bits per heavy atom. The highest BCUT2D eigenvalue weighted by molar-refractivity contribution is 5.92. The number of aromatic nitrogens is 1. The minimum absolute atomic E-state index is 0.0979. The van der Waals surface area contributed by atoms with Gasteiger partial charge in [-0.1, -0.05) is 37.3 Å². The zero-order valence-electron chi connectivity index (χ0n) is 16.0. The van der Waals surface area contributed by atoms with Gasteiger partial charge in [0.25, 0.3) is 0 Å². The molecular weight excluding hydrogens is 336 g/mol. The first-order chi connectivity index (χ1) is 13.2. The number of benzene rings is 1. The predicted octanol–water partition coefficient (Wildman–Crippen LogP) is 3.46. The van der Waals surface area contributed by atoms with Crippen LogP contribution in [0.3, 0.4) is 0 Å². The van der Waals surface area contributed by atoms with Crippen LogP contribution in [-0.4, -0.2) is 41.5 Å². The smallest absolute Gasteiger partial charge is 0.224 e. The fourth-order valence-electron chi connectivity index (χ4n) is 4.27. The maximum absolute atomic E-state index is 12.0. The summed E-state index contributed by atoms with van der Waals surface area (Å²) >= 11 is 0. The molecule has 2 aliphatic heterocycles. The Balaban J connectivity index is 1.47. The van der Waals surface area contributed by atoms with E-state index in [1.54, 1.807) is 0 Å². The first kappa shape index (κ1) is 18.0. The lowest BCUT2D eigenvalue weighted by Crippen LogP contribution is -2.55. The largest absolute Gasteiger partial charge is 0.351 e. The highest BCUT2D eigenvalue weighted by atomic mass is 16.1. The molecule has 2 aromatic rings. The molecular formula is C22H28N4O. The second-order valence-corrected chi connectivity index (χ2v) is 7.57. The van der Waals surface area contributed by atoms with Crippen molar-refractivity contribution in [2.24, 2.45) is 0 Å². The highest BCUT2D eigenvalue weighted by Gasteiger charge is 2.33. The molecule has 0 radical (unpaired) electrons. The van der Waals surface area contributed by atoms with Crippen LogP contribution in [0.25, 0.3) is 0 Å². The molecule has 1 aromatic heterocycles. The van der Waals surface area contributed by atoms with E-state index >= 15 is 0 Å². The number of nitrogens with zero attached hydrogens (tertiary/aromatic N) is 3. The third-order valence-corrected chi connectivity index (χ3v) is 5.60. The van der Waals surface area contributed by atoms with Gasteiger partial charge in [0.15, 0.2) is 0 Å². The van der Waals surface area contributed by atoms with Crippen LogP contribution >= 0.6 is 0 Å². The average Bonchev–Trinajstić information content (AvgIpc) is 2.69. The molecule has 5 nitrogen and oxygen atoms in total. The van der Waals surface area contributed by atoms with Crippen LogP contribution in [0, 0.1) is 0 Å². The normalized spacial score (nSPS) is 19.3. The lowest BCUT2D eigenvalue weighted by atomic mass is 9.95. The Kier molecular flexibility index (Phi) is 5.39. The summed E-state index contributed by atoms with van der Waals surface area (Å²) in [5.74, 6) is 1.17. The fraction of sp³-hybridized carbons (Fsp3) is 0.455. The van der Waals surface area contributed by atoms with Crippen LogP contribution in [0.4, 0.5) is 11.5 Å². The van der Waals surface area contributed by atoms with Crippen LogP contribution in [0.15, 0.2) is 42.6 Å². The number of fused-ring (bicyclic) bond motifs is 3. The van der Waals surface area contributed by atoms with Crippen molar-refractivity contribution < 1.29 is 4.79 Å². The summed E-state index contributed by atoms with van der Waals surface area (Å²) in [6.07, 6.45) is 5.35. The second-order valence-electron chi connectivity index (χ2n) is 7.57. The molecule has 1 amide bonds. The minimum atomic E-state index is 0.0979. The highest BCUT2D eigenvalue weighted by Crippen LogP contribution is 2.35. The van der Waals surface area contributed by atoms with Crippen LogP contribution in [0.5, 0.6) is 0 Å². The molecule has 3 heterocycles. The topological polar surface area (TPSA) is 48.5 Å². The Morgan fingerprint density at radius 1 is 1.22 bits per heavy atom. The zero-order chi connectivity index (χ0) is 18.6. The van der Waals surface area contributed by atoms with Crippen LogP contribution < -0.4 is 10.2 Å². The Bertz CT molecular complexity index is 792. The minimum Gasteiger partial charge on any atom is -0.351 e. The summed E-state index contributed by atoms with van der Waals surface area (Å²) in [4.78, 5) is 21.7. The van der Waals surface area contributed by atoms with Crippen molar-refractivity contribution in [2.75, 3.05) is 29.9 Å². The third kappa shape index (κ3) is 3.98. The van der Waals surface area contributed by atoms with Crippen molar-refractivity contribution >= 4 is 17.4 Å². The first-order valence-corrected chi connectivity index (χ1v) is 10.0. The van der Waals surface area contributed by atoms with Crippen molar-refractivity contribution in [3.8, 4) is 0 Å². The zero-order valence-corrected chi connectivity index (χ0v) is 16.0. The van der Waals surface area contributed by atoms with Crippen LogP contribution in [0.2, 0.25) is 0 Å². The summed E-state index contributed by atoms with van der Waals surface area (Å²) in [5, 5.41) is 3.09. The molecule has 1 atom stereocenters. The lowest BCUT2D eigenvalue weighted by Gasteiger charge is -2.45. The quantitative estimate of drug-likeness (QED) is 0.883. The molecule has 0 spiro atoms. The van der Waals surface area contributed by atoms with E-state index in [-0.39, 0.29) is 5.91 Å². The maximum atomic E-state index is 12.0. The number of rotatable bonds is 5. The number of anilines is 2. The van der Waals surface area contributed by atoms with Crippen LogP contribution in [0.1, 0.15) is 37.3 Å². The van der Waals surface area contributed by atoms with E-state index in [9.17, 15) is 4.79 Å². The van der Waals surface area contributed by atoms with Crippen molar-refractivity contribution in [3.63, 3.8) is 0 Å². The predicted molar refractivity (Wildman–Crippen MR) is 109 cm³/mol. The van der Waals surface area contributed by atoms with E-state index in [4.69, 9.17) is 0 Å². The van der Waals surface area contributed by atoms with Gasteiger partial charge in [0, 0.05) is 56.1 Å². The third-order valence-electron chi connectivity index (χ3n) is 5.60. The van der Waals surface area contributed by atoms with Gasteiger partial charge in [-0.2, -0.15) is 0 Å². The van der Waals surface area contributed by atoms with Gasteiger partial charge < -0.3 is 10.2 Å². The van der Waals surface area contributed by atoms with E-state index in [0.29, 0.717) is 12.5 Å². The van der Waals surface area contributed by atoms with E-state index in [1.165, 1.54) is 11.1 Å². The molecule has 0 bridgehead atoms. The van der Waals surface area contributed by atoms with E-state index in [2.05, 4.69) is 50.4 Å². The summed E-state index contributed by atoms with van der Waals surface area (Å²) in [6.45, 7) is 6.14. The second kappa shape index (κ2) is 8.09. The Morgan fingerprint density at radius 2 is 2.07 bits per heavy atom. The number of amides is 1. The van der Waals surface area contributed by atoms with Gasteiger partial charge in [-0.25, -0.2) is 4.98 Å². The molecule has 1 N–H and O–H groups in total. The molecule has 4 rings (SSSR count). The monoisotopic (exact) mass is 364 g/mol. The number of carbonyl (C=O) groups is 1. The summed E-state index contributed by atoms with van der Waals surface area (Å²) in [5.41, 5.74) is 3.53. The molecule has 0 aliphatic carbocycles. The van der Waals surface area contributed by atoms with Gasteiger partial charge in [0.05, 0.1) is 0 Å². The van der Waals surface area contributed by atoms with Crippen LogP contribution in [-0.2, 0) is 17.8 Å². The number of piperazine rings is 1. The Hall–Kier alpha value is -2.40. The summed E-state index contributed by atoms with van der Waals surface area (Å²) in [6, 6.07) is 13.1. The molecule has 1 aromatic carbocycles. The fourth-order valence-corrected chi connectivity index (χ4v) is 4.27. The summed E-state index contributed by atoms with van der Waals surface area (Å²) in [7, 11) is 0. The molecule has 1 unspecified atom stereocenters. The van der Waals surface area contributed by atoms with Crippen molar-refractivity contribution in [3.05, 3.63) is 53.7 Å². The van der Waals surface area contributed by atoms with Gasteiger partial charge in [-0.05, 0) is 30.9 Å². The molecule has 27 heavy (non-hydrogen) atoms. The van der Waals surface area contributed by atoms with Gasteiger partial charge in [-0.3, -0.25) is 9.69 Å². The number of carbonyl (C=O) groups excluding carboxylic acids is 1. The van der Waals surface area contributed by atoms with Gasteiger partial charge in [-0.15, -0.1) is 0 Å². The van der Waals surface area contributed by atoms with E-state index in [1.807, 2.05) is 19.2 Å². The average molecular weight is 364 g/mol. The molecule has 5 heteroatoms. The van der Waals surface area contributed by atoms with Crippen molar-refractivity contribution in [1.29, 1.82) is 0 Å². The summed E-state index contributed by atoms with van der Waals surface area (Å²) < 4.78 is 0. The van der Waals surface area contributed by atoms with Crippen molar-refractivity contribution in [1.82, 2.24) is 9.88 Å². The molecule has 2 aliphatic rings. The lowest BCUT2D eigenvalue weighted by molar-refractivity contribution is -0.116. The van der Waals surface area contributed by atoms with Gasteiger partial charge in [0.2, 0.25) is 5.91 Å². The maximum Gasteiger partial charge on any atom is 0.224 e. The Labute approximate surface area is 161 Å². The van der Waals surface area contributed by atoms with Crippen molar-refractivity contribution in [2.45, 2.75) is 45.2 Å².